The van der Waals surface area contributed by atoms with E-state index in [4.69, 9.17) is 11.6 Å². The average molecular weight is 565 g/mol. The molecule has 1 aliphatic rings. The summed E-state index contributed by atoms with van der Waals surface area (Å²) in [6.45, 7) is 10.5. The number of anilines is 2. The lowest BCUT2D eigenvalue weighted by atomic mass is 9.96. The van der Waals surface area contributed by atoms with Gasteiger partial charge in [0.15, 0.2) is 0 Å². The van der Waals surface area contributed by atoms with Crippen molar-refractivity contribution in [1.29, 1.82) is 5.26 Å². The number of rotatable bonds is 8. The summed E-state index contributed by atoms with van der Waals surface area (Å²) in [6, 6.07) is 7.66. The number of fused-ring (bicyclic) bond motifs is 1. The first-order valence-corrected chi connectivity index (χ1v) is 13.6. The summed E-state index contributed by atoms with van der Waals surface area (Å²) in [5, 5.41) is 25.9. The number of halogens is 3. The maximum absolute atomic E-state index is 15.9. The molecule has 1 atom stereocenters. The van der Waals surface area contributed by atoms with Crippen LogP contribution in [0.4, 0.5) is 20.2 Å². The van der Waals surface area contributed by atoms with E-state index in [2.05, 4.69) is 57.8 Å². The fraction of sp³-hybridized carbons (Fsp3) is 0.414. The Hall–Kier alpha value is -3.84. The third-order valence-electron chi connectivity index (χ3n) is 7.40. The van der Waals surface area contributed by atoms with Crippen molar-refractivity contribution < 1.29 is 8.78 Å². The molecular formula is C29H31ClF2N8. The molecule has 5 rings (SSSR count). The van der Waals surface area contributed by atoms with E-state index in [0.29, 0.717) is 50.7 Å². The smallest absolute Gasteiger partial charge is 0.237 e. The predicted octanol–water partition coefficient (Wildman–Crippen LogP) is 6.89. The van der Waals surface area contributed by atoms with Gasteiger partial charge in [0.25, 0.3) is 0 Å². The summed E-state index contributed by atoms with van der Waals surface area (Å²) in [4.78, 5) is 8.38. The minimum Gasteiger partial charge on any atom is -0.383 e. The van der Waals surface area contributed by atoms with Crippen LogP contribution in [0.15, 0.2) is 30.5 Å². The Balaban J connectivity index is 1.63. The molecule has 0 spiro atoms. The Labute approximate surface area is 236 Å². The number of hydrogen-bond donors (Lipinski definition) is 2. The summed E-state index contributed by atoms with van der Waals surface area (Å²) >= 11 is 6.69. The predicted molar refractivity (Wildman–Crippen MR) is 151 cm³/mol. The van der Waals surface area contributed by atoms with Gasteiger partial charge in [0.1, 0.15) is 17.8 Å². The molecule has 2 N–H and O–H groups in total. The van der Waals surface area contributed by atoms with Gasteiger partial charge in [-0.1, -0.05) is 50.6 Å². The van der Waals surface area contributed by atoms with Gasteiger partial charge in [0.05, 0.1) is 27.3 Å². The average Bonchev–Trinajstić information content (AvgIpc) is 3.60. The van der Waals surface area contributed by atoms with E-state index in [1.54, 1.807) is 19.1 Å². The van der Waals surface area contributed by atoms with Gasteiger partial charge in [0.2, 0.25) is 11.9 Å². The molecule has 0 radical (unpaired) electrons. The zero-order valence-electron chi connectivity index (χ0n) is 23.1. The van der Waals surface area contributed by atoms with Crippen LogP contribution in [-0.2, 0) is 5.54 Å². The number of pyridine rings is 2. The Morgan fingerprint density at radius 2 is 1.98 bits per heavy atom. The molecule has 40 heavy (non-hydrogen) atoms. The number of aromatic nitrogens is 5. The van der Waals surface area contributed by atoms with Crippen molar-refractivity contribution in [3.05, 3.63) is 69.9 Å². The molecule has 1 aliphatic carbocycles. The molecule has 1 fully saturated rings. The van der Waals surface area contributed by atoms with Crippen molar-refractivity contribution in [2.75, 3.05) is 17.2 Å². The second-order valence-corrected chi connectivity index (χ2v) is 12.0. The highest BCUT2D eigenvalue weighted by atomic mass is 35.5. The monoisotopic (exact) mass is 564 g/mol. The molecule has 0 bridgehead atoms. The first-order chi connectivity index (χ1) is 19.0. The lowest BCUT2D eigenvalue weighted by molar-refractivity contribution is 0.339. The molecule has 0 unspecified atom stereocenters. The summed E-state index contributed by atoms with van der Waals surface area (Å²) in [5.74, 6) is -1.18. The van der Waals surface area contributed by atoms with Crippen molar-refractivity contribution in [1.82, 2.24) is 25.0 Å². The van der Waals surface area contributed by atoms with Crippen molar-refractivity contribution in [2.45, 2.75) is 65.5 Å². The minimum absolute atomic E-state index is 0.0546. The Kier molecular flexibility index (Phi) is 7.13. The van der Waals surface area contributed by atoms with Crippen LogP contribution < -0.4 is 10.6 Å². The van der Waals surface area contributed by atoms with Crippen LogP contribution >= 0.6 is 11.6 Å². The van der Waals surface area contributed by atoms with Crippen molar-refractivity contribution in [3.63, 3.8) is 0 Å². The van der Waals surface area contributed by atoms with Gasteiger partial charge >= 0.3 is 0 Å². The first kappa shape index (κ1) is 27.7. The molecule has 3 heterocycles. The number of nitrogens with zero attached hydrogens (tertiary/aromatic N) is 6. The molecule has 3 aromatic heterocycles. The lowest BCUT2D eigenvalue weighted by Gasteiger charge is -2.23. The number of nitriles is 1. The van der Waals surface area contributed by atoms with Gasteiger partial charge in [-0.25, -0.2) is 9.67 Å². The molecule has 4 aromatic rings. The highest BCUT2D eigenvalue weighted by Crippen LogP contribution is 2.47. The molecule has 0 amide bonds. The molecule has 208 valence electrons. The van der Waals surface area contributed by atoms with Gasteiger partial charge < -0.3 is 10.6 Å². The standard InChI is InChI=1S/C29H31ClF2N8/c1-6-29(9-10-29)40-27(32)26(38-39-40)25(19-7-8-22(31)36-16(19)2)37-18-11-20-23(35-15-28(3,4)5)17(13-33)14-34-24(20)21(30)12-18/h7-8,11-12,14,25,37H,6,9-10,15H2,1-5H3,(H,34,35)/t25-/m0/s1. The second kappa shape index (κ2) is 10.3. The largest absolute Gasteiger partial charge is 0.383 e. The highest BCUT2D eigenvalue weighted by Gasteiger charge is 2.46. The fourth-order valence-corrected chi connectivity index (χ4v) is 5.17. The number of aryl methyl sites for hydroxylation is 1. The molecular weight excluding hydrogens is 534 g/mol. The Morgan fingerprint density at radius 1 is 1.23 bits per heavy atom. The van der Waals surface area contributed by atoms with Gasteiger partial charge in [-0.05, 0) is 49.8 Å². The van der Waals surface area contributed by atoms with E-state index < -0.39 is 17.9 Å². The van der Waals surface area contributed by atoms with Crippen LogP contribution in [0.1, 0.15) is 75.5 Å². The van der Waals surface area contributed by atoms with Gasteiger partial charge in [-0.2, -0.15) is 14.0 Å². The van der Waals surface area contributed by atoms with Crippen LogP contribution in [-0.4, -0.2) is 31.5 Å². The van der Waals surface area contributed by atoms with Crippen LogP contribution in [0, 0.1) is 35.6 Å². The summed E-state index contributed by atoms with van der Waals surface area (Å²) < 4.78 is 31.2. The molecule has 0 saturated heterocycles. The maximum atomic E-state index is 15.9. The third-order valence-corrected chi connectivity index (χ3v) is 7.69. The van der Waals surface area contributed by atoms with E-state index in [1.807, 2.05) is 13.0 Å². The number of nitrogens with one attached hydrogen (secondary N) is 2. The zero-order valence-corrected chi connectivity index (χ0v) is 23.9. The molecule has 1 saturated carbocycles. The van der Waals surface area contributed by atoms with Gasteiger partial charge in [-0.15, -0.1) is 5.10 Å². The van der Waals surface area contributed by atoms with Crippen molar-refractivity contribution >= 4 is 33.9 Å². The molecule has 11 heteroatoms. The number of hydrogen-bond acceptors (Lipinski definition) is 7. The van der Waals surface area contributed by atoms with Crippen molar-refractivity contribution in [3.8, 4) is 6.07 Å². The minimum atomic E-state index is -0.846. The lowest BCUT2D eigenvalue weighted by Crippen LogP contribution is -2.21. The Bertz CT molecular complexity index is 1630. The SMILES string of the molecule is CCC1(n2nnc([C@@H](Nc3cc(Cl)c4ncc(C#N)c(NCC(C)(C)C)c4c3)c3ccc(F)nc3C)c2F)CC1. The van der Waals surface area contributed by atoms with Crippen LogP contribution in [0.3, 0.4) is 0 Å². The fourth-order valence-electron chi connectivity index (χ4n) is 4.90. The summed E-state index contributed by atoms with van der Waals surface area (Å²) in [5.41, 5.74) is 2.62. The quantitative estimate of drug-likeness (QED) is 0.224. The molecule has 8 nitrogen and oxygen atoms in total. The summed E-state index contributed by atoms with van der Waals surface area (Å²) in [6.07, 6.45) is 3.90. The summed E-state index contributed by atoms with van der Waals surface area (Å²) in [7, 11) is 0. The van der Waals surface area contributed by atoms with Gasteiger partial charge in [-0.3, -0.25) is 4.98 Å². The van der Waals surface area contributed by atoms with Crippen molar-refractivity contribution in [2.24, 2.45) is 5.41 Å². The van der Waals surface area contributed by atoms with E-state index in [0.717, 1.165) is 19.3 Å². The van der Waals surface area contributed by atoms with E-state index in [9.17, 15) is 9.65 Å². The number of benzene rings is 1. The first-order valence-electron chi connectivity index (χ1n) is 13.2. The Morgan fingerprint density at radius 3 is 2.60 bits per heavy atom. The van der Waals surface area contributed by atoms with E-state index in [-0.39, 0.29) is 16.6 Å². The maximum Gasteiger partial charge on any atom is 0.237 e. The van der Waals surface area contributed by atoms with Crippen LogP contribution in [0.5, 0.6) is 0 Å². The zero-order chi connectivity index (χ0) is 28.8. The van der Waals surface area contributed by atoms with Crippen LogP contribution in [0.25, 0.3) is 10.9 Å². The molecule has 1 aromatic carbocycles. The topological polar surface area (TPSA) is 104 Å². The highest BCUT2D eigenvalue weighted by molar-refractivity contribution is 6.35. The molecule has 0 aliphatic heterocycles. The van der Waals surface area contributed by atoms with E-state index >= 15 is 4.39 Å². The van der Waals surface area contributed by atoms with E-state index in [1.165, 1.54) is 16.9 Å². The van der Waals surface area contributed by atoms with Crippen LogP contribution in [0.2, 0.25) is 5.02 Å². The normalized spacial score (nSPS) is 15.1. The third kappa shape index (κ3) is 5.18. The second-order valence-electron chi connectivity index (χ2n) is 11.6. The van der Waals surface area contributed by atoms with Gasteiger partial charge in [0, 0.05) is 35.1 Å².